The Hall–Kier alpha value is -2.63. The fraction of sp³-hybridized carbons (Fsp3) is 0.0833. The summed E-state index contributed by atoms with van der Waals surface area (Å²) in [6.45, 7) is 0. The highest BCUT2D eigenvalue weighted by atomic mass is 16.5. The number of fused-ring (bicyclic) bond motifs is 1. The molecule has 0 saturated heterocycles. The molecule has 1 aromatic carbocycles. The van der Waals surface area contributed by atoms with Crippen molar-refractivity contribution in [3.8, 4) is 5.75 Å². The van der Waals surface area contributed by atoms with Crippen LogP contribution in [0, 0.1) is 0 Å². The number of hydrogen-bond acceptors (Lipinski definition) is 5. The van der Waals surface area contributed by atoms with Crippen LogP contribution in [0.1, 0.15) is 0 Å². The lowest BCUT2D eigenvalue weighted by Gasteiger charge is -2.08. The number of nitrogens with zero attached hydrogens (tertiary/aromatic N) is 3. The molecule has 0 aliphatic heterocycles. The highest BCUT2D eigenvalue weighted by molar-refractivity contribution is 5.93. The lowest BCUT2D eigenvalue weighted by molar-refractivity contribution is 0.419. The molecule has 0 radical (unpaired) electrons. The second-order valence-electron chi connectivity index (χ2n) is 3.67. The van der Waals surface area contributed by atoms with E-state index in [0.29, 0.717) is 5.82 Å². The Morgan fingerprint density at radius 1 is 1.22 bits per heavy atom. The molecule has 3 aromatic rings. The van der Waals surface area contributed by atoms with Crippen LogP contribution in [0.3, 0.4) is 0 Å². The van der Waals surface area contributed by atoms with Gasteiger partial charge >= 0.3 is 0 Å². The van der Waals surface area contributed by atoms with Gasteiger partial charge < -0.3 is 10.1 Å². The van der Waals surface area contributed by atoms with Crippen molar-refractivity contribution in [3.63, 3.8) is 0 Å². The number of anilines is 2. The van der Waals surface area contributed by atoms with Crippen molar-refractivity contribution in [1.82, 2.24) is 20.2 Å². The van der Waals surface area contributed by atoms with Crippen molar-refractivity contribution < 1.29 is 4.74 Å². The van der Waals surface area contributed by atoms with Crippen LogP contribution in [-0.4, -0.2) is 27.3 Å². The van der Waals surface area contributed by atoms with E-state index >= 15 is 0 Å². The van der Waals surface area contributed by atoms with E-state index < -0.39 is 0 Å². The highest BCUT2D eigenvalue weighted by Gasteiger charge is 2.08. The van der Waals surface area contributed by atoms with E-state index in [2.05, 4.69) is 25.5 Å². The third kappa shape index (κ3) is 1.73. The van der Waals surface area contributed by atoms with Gasteiger partial charge in [-0.3, -0.25) is 5.10 Å². The van der Waals surface area contributed by atoms with Gasteiger partial charge in [0, 0.05) is 11.5 Å². The Morgan fingerprint density at radius 3 is 2.94 bits per heavy atom. The summed E-state index contributed by atoms with van der Waals surface area (Å²) in [4.78, 5) is 8.47. The maximum absolute atomic E-state index is 5.28. The summed E-state index contributed by atoms with van der Waals surface area (Å²) in [7, 11) is 1.62. The third-order valence-electron chi connectivity index (χ3n) is 2.60. The summed E-state index contributed by atoms with van der Waals surface area (Å²) >= 11 is 0. The topological polar surface area (TPSA) is 75.7 Å². The number of aromatic nitrogens is 4. The molecule has 0 aliphatic rings. The van der Waals surface area contributed by atoms with E-state index in [-0.39, 0.29) is 0 Å². The van der Waals surface area contributed by atoms with Crippen LogP contribution < -0.4 is 10.1 Å². The quantitative estimate of drug-likeness (QED) is 0.734. The Balaban J connectivity index is 2.12. The summed E-state index contributed by atoms with van der Waals surface area (Å²) < 4.78 is 5.28. The second kappa shape index (κ2) is 4.33. The first-order valence-corrected chi connectivity index (χ1v) is 5.42. The molecule has 0 unspecified atom stereocenters. The van der Waals surface area contributed by atoms with Crippen LogP contribution in [-0.2, 0) is 0 Å². The van der Waals surface area contributed by atoms with Gasteiger partial charge in [-0.25, -0.2) is 9.97 Å². The minimum atomic E-state index is 0.711. The number of hydrogen-bond donors (Lipinski definition) is 2. The Kier molecular flexibility index (Phi) is 2.53. The summed E-state index contributed by atoms with van der Waals surface area (Å²) in [5, 5.41) is 10.8. The summed E-state index contributed by atoms with van der Waals surface area (Å²) in [6, 6.07) is 7.54. The van der Waals surface area contributed by atoms with E-state index in [1.165, 1.54) is 6.33 Å². The normalized spacial score (nSPS) is 10.5. The number of methoxy groups -OCH3 is 1. The molecule has 2 N–H and O–H groups in total. The molecule has 0 atom stereocenters. The number of H-pyrrole nitrogens is 1. The van der Waals surface area contributed by atoms with Crippen LogP contribution in [0.2, 0.25) is 0 Å². The molecule has 0 spiro atoms. The van der Waals surface area contributed by atoms with Crippen LogP contribution in [0.15, 0.2) is 36.8 Å². The van der Waals surface area contributed by atoms with E-state index in [0.717, 1.165) is 22.5 Å². The summed E-state index contributed by atoms with van der Waals surface area (Å²) in [5.74, 6) is 2.21. The van der Waals surface area contributed by atoms with Gasteiger partial charge in [0.05, 0.1) is 13.3 Å². The molecular weight excluding hydrogens is 230 g/mol. The molecule has 90 valence electrons. The van der Waals surface area contributed by atoms with Gasteiger partial charge in [-0.15, -0.1) is 0 Å². The van der Waals surface area contributed by atoms with Crippen molar-refractivity contribution in [2.45, 2.75) is 0 Å². The minimum absolute atomic E-state index is 0.711. The molecule has 2 heterocycles. The minimum Gasteiger partial charge on any atom is -0.494 e. The number of para-hydroxylation sites is 1. The zero-order valence-corrected chi connectivity index (χ0v) is 9.71. The molecule has 0 amide bonds. The Bertz CT molecular complexity index is 665. The van der Waals surface area contributed by atoms with Gasteiger partial charge in [-0.2, -0.15) is 5.10 Å². The first-order chi connectivity index (χ1) is 8.88. The number of nitrogens with one attached hydrogen (secondary N) is 2. The molecule has 0 aliphatic carbocycles. The Morgan fingerprint density at radius 2 is 2.17 bits per heavy atom. The first kappa shape index (κ1) is 10.5. The Labute approximate surface area is 103 Å². The van der Waals surface area contributed by atoms with E-state index in [4.69, 9.17) is 4.74 Å². The molecule has 0 fully saturated rings. The average molecular weight is 241 g/mol. The van der Waals surface area contributed by atoms with Crippen molar-refractivity contribution in [2.75, 3.05) is 12.4 Å². The first-order valence-electron chi connectivity index (χ1n) is 5.42. The van der Waals surface area contributed by atoms with E-state index in [1.54, 1.807) is 13.3 Å². The fourth-order valence-corrected chi connectivity index (χ4v) is 1.78. The predicted octanol–water partition coefficient (Wildman–Crippen LogP) is 2.11. The van der Waals surface area contributed by atoms with Gasteiger partial charge in [-0.1, -0.05) is 6.07 Å². The molecule has 6 nitrogen and oxygen atoms in total. The molecule has 6 heteroatoms. The monoisotopic (exact) mass is 241 g/mol. The standard InChI is InChI=1S/C12H11N5O/c1-18-9-4-2-3-8-11(9)13-7-14-12(8)16-10-5-6-15-17-10/h2-7H,1H3,(H2,13,14,15,16,17). The van der Waals surface area contributed by atoms with Crippen molar-refractivity contribution in [1.29, 1.82) is 0 Å². The van der Waals surface area contributed by atoms with Crippen LogP contribution in [0.25, 0.3) is 10.9 Å². The van der Waals surface area contributed by atoms with Gasteiger partial charge in [0.2, 0.25) is 0 Å². The zero-order valence-electron chi connectivity index (χ0n) is 9.71. The molecule has 0 bridgehead atoms. The van der Waals surface area contributed by atoms with Gasteiger partial charge in [0.1, 0.15) is 29.2 Å². The highest BCUT2D eigenvalue weighted by Crippen LogP contribution is 2.28. The van der Waals surface area contributed by atoms with Crippen molar-refractivity contribution in [2.24, 2.45) is 0 Å². The SMILES string of the molecule is COc1cccc2c(Nc3ccn[nH]3)ncnc12. The van der Waals surface area contributed by atoms with Crippen molar-refractivity contribution in [3.05, 3.63) is 36.8 Å². The fourth-order valence-electron chi connectivity index (χ4n) is 1.78. The van der Waals surface area contributed by atoms with E-state index in [9.17, 15) is 0 Å². The van der Waals surface area contributed by atoms with Crippen LogP contribution in [0.4, 0.5) is 11.6 Å². The molecule has 18 heavy (non-hydrogen) atoms. The molecular formula is C12H11N5O. The lowest BCUT2D eigenvalue weighted by Crippen LogP contribution is -1.97. The zero-order chi connectivity index (χ0) is 12.4. The number of ether oxygens (including phenoxy) is 1. The predicted molar refractivity (Wildman–Crippen MR) is 68.0 cm³/mol. The van der Waals surface area contributed by atoms with Crippen molar-refractivity contribution >= 4 is 22.5 Å². The number of aromatic amines is 1. The van der Waals surface area contributed by atoms with Gasteiger partial charge in [-0.05, 0) is 12.1 Å². The van der Waals surface area contributed by atoms with E-state index in [1.807, 2.05) is 24.3 Å². The molecule has 2 aromatic heterocycles. The summed E-state index contributed by atoms with van der Waals surface area (Å²) in [6.07, 6.45) is 3.18. The smallest absolute Gasteiger partial charge is 0.145 e. The lowest BCUT2D eigenvalue weighted by atomic mass is 10.2. The summed E-state index contributed by atoms with van der Waals surface area (Å²) in [5.41, 5.74) is 0.775. The largest absolute Gasteiger partial charge is 0.494 e. The van der Waals surface area contributed by atoms with Crippen LogP contribution >= 0.6 is 0 Å². The average Bonchev–Trinajstić information content (AvgIpc) is 2.91. The number of benzene rings is 1. The molecule has 3 rings (SSSR count). The van der Waals surface area contributed by atoms with Crippen LogP contribution in [0.5, 0.6) is 5.75 Å². The number of rotatable bonds is 3. The third-order valence-corrected chi connectivity index (χ3v) is 2.60. The second-order valence-corrected chi connectivity index (χ2v) is 3.67. The maximum atomic E-state index is 5.28. The molecule has 0 saturated carbocycles. The van der Waals surface area contributed by atoms with Gasteiger partial charge in [0.25, 0.3) is 0 Å². The maximum Gasteiger partial charge on any atom is 0.145 e. The van der Waals surface area contributed by atoms with Gasteiger partial charge in [0.15, 0.2) is 0 Å².